The molecule has 1 aliphatic heterocycles. The normalized spacial score (nSPS) is 27.1. The molecular formula is C10H18N2O4. The summed E-state index contributed by atoms with van der Waals surface area (Å²) < 4.78 is 0. The number of carbonyl (C=O) groups excluding carboxylic acids is 1. The van der Waals surface area contributed by atoms with Crippen LogP contribution < -0.4 is 10.6 Å². The fourth-order valence-electron chi connectivity index (χ4n) is 1.74. The van der Waals surface area contributed by atoms with Gasteiger partial charge in [0.25, 0.3) is 0 Å². The number of aliphatic hydroxyl groups excluding tert-OH is 1. The topological polar surface area (TPSA) is 98.7 Å². The largest absolute Gasteiger partial charge is 0.479 e. The Kier molecular flexibility index (Phi) is 4.26. The molecule has 1 rings (SSSR count). The molecule has 1 heterocycles. The summed E-state index contributed by atoms with van der Waals surface area (Å²) in [6.45, 7) is 3.08. The lowest BCUT2D eigenvalue weighted by atomic mass is 9.82. The van der Waals surface area contributed by atoms with Crippen LogP contribution in [-0.4, -0.2) is 47.8 Å². The van der Waals surface area contributed by atoms with Crippen molar-refractivity contribution in [1.29, 1.82) is 0 Å². The average molecular weight is 230 g/mol. The molecule has 0 bridgehead atoms. The van der Waals surface area contributed by atoms with Gasteiger partial charge in [-0.1, -0.05) is 0 Å². The van der Waals surface area contributed by atoms with Crippen LogP contribution >= 0.6 is 0 Å². The van der Waals surface area contributed by atoms with Gasteiger partial charge in [-0.05, 0) is 26.3 Å². The maximum Gasteiger partial charge on any atom is 0.334 e. The Labute approximate surface area is 94.0 Å². The number of carboxylic acid groups (broad SMARTS) is 1. The van der Waals surface area contributed by atoms with Crippen LogP contribution in [0.25, 0.3) is 0 Å². The first-order chi connectivity index (χ1) is 7.46. The highest BCUT2D eigenvalue weighted by atomic mass is 16.4. The van der Waals surface area contributed by atoms with Crippen molar-refractivity contribution in [2.24, 2.45) is 5.41 Å². The number of rotatable bonds is 4. The van der Waals surface area contributed by atoms with Crippen LogP contribution in [0.15, 0.2) is 0 Å². The second-order valence-corrected chi connectivity index (χ2v) is 4.41. The smallest absolute Gasteiger partial charge is 0.334 e. The lowest BCUT2D eigenvalue weighted by Gasteiger charge is -2.32. The van der Waals surface area contributed by atoms with Gasteiger partial charge in [0.15, 0.2) is 6.10 Å². The number of carboxylic acids is 1. The van der Waals surface area contributed by atoms with Crippen molar-refractivity contribution in [3.63, 3.8) is 0 Å². The van der Waals surface area contributed by atoms with Crippen molar-refractivity contribution in [1.82, 2.24) is 10.6 Å². The highest BCUT2D eigenvalue weighted by molar-refractivity contribution is 5.83. The molecule has 1 fully saturated rings. The van der Waals surface area contributed by atoms with Gasteiger partial charge in [0, 0.05) is 6.54 Å². The van der Waals surface area contributed by atoms with Gasteiger partial charge in [0.1, 0.15) is 0 Å². The van der Waals surface area contributed by atoms with E-state index in [2.05, 4.69) is 10.6 Å². The van der Waals surface area contributed by atoms with E-state index in [9.17, 15) is 9.59 Å². The molecule has 0 radical (unpaired) electrons. The van der Waals surface area contributed by atoms with Crippen molar-refractivity contribution in [2.45, 2.75) is 25.9 Å². The Morgan fingerprint density at radius 2 is 2.25 bits per heavy atom. The van der Waals surface area contributed by atoms with E-state index in [1.165, 1.54) is 0 Å². The van der Waals surface area contributed by atoms with E-state index in [1.807, 2.05) is 6.92 Å². The highest BCUT2D eigenvalue weighted by Crippen LogP contribution is 2.25. The lowest BCUT2D eigenvalue weighted by Crippen LogP contribution is -2.50. The number of aliphatic hydroxyl groups is 1. The first-order valence-electron chi connectivity index (χ1n) is 5.35. The van der Waals surface area contributed by atoms with Gasteiger partial charge in [-0.15, -0.1) is 0 Å². The van der Waals surface area contributed by atoms with Gasteiger partial charge >= 0.3 is 5.97 Å². The van der Waals surface area contributed by atoms with Crippen molar-refractivity contribution < 1.29 is 19.8 Å². The molecule has 0 aromatic rings. The standard InChI is InChI=1S/C10H18N2O4/c1-10(3-2-4-11-6-10)9(16)12-5-7(13)8(14)15/h7,11,13H,2-6H2,1H3,(H,12,16)(H,14,15). The van der Waals surface area contributed by atoms with Crippen LogP contribution in [-0.2, 0) is 9.59 Å². The van der Waals surface area contributed by atoms with Crippen molar-refractivity contribution in [2.75, 3.05) is 19.6 Å². The summed E-state index contributed by atoms with van der Waals surface area (Å²) in [4.78, 5) is 22.1. The summed E-state index contributed by atoms with van der Waals surface area (Å²) in [6, 6.07) is 0. The highest BCUT2D eigenvalue weighted by Gasteiger charge is 2.34. The first-order valence-corrected chi connectivity index (χ1v) is 5.35. The number of piperidine rings is 1. The molecule has 0 saturated carbocycles. The summed E-state index contributed by atoms with van der Waals surface area (Å²) >= 11 is 0. The Morgan fingerprint density at radius 3 is 2.75 bits per heavy atom. The molecule has 4 N–H and O–H groups in total. The summed E-state index contributed by atoms with van der Waals surface area (Å²) in [7, 11) is 0. The molecule has 0 spiro atoms. The molecule has 0 aromatic carbocycles. The van der Waals surface area contributed by atoms with Crippen LogP contribution in [0, 0.1) is 5.41 Å². The number of hydrogen-bond donors (Lipinski definition) is 4. The SMILES string of the molecule is CC1(C(=O)NCC(O)C(=O)O)CCCNC1. The molecule has 0 aliphatic carbocycles. The quantitative estimate of drug-likeness (QED) is 0.493. The minimum atomic E-state index is -1.54. The minimum Gasteiger partial charge on any atom is -0.479 e. The number of carbonyl (C=O) groups is 2. The molecule has 0 aromatic heterocycles. The van der Waals surface area contributed by atoms with Gasteiger partial charge in [-0.3, -0.25) is 4.79 Å². The molecule has 1 saturated heterocycles. The zero-order valence-corrected chi connectivity index (χ0v) is 9.32. The van der Waals surface area contributed by atoms with E-state index >= 15 is 0 Å². The molecule has 6 heteroatoms. The second-order valence-electron chi connectivity index (χ2n) is 4.41. The van der Waals surface area contributed by atoms with E-state index in [4.69, 9.17) is 10.2 Å². The minimum absolute atomic E-state index is 0.208. The van der Waals surface area contributed by atoms with Crippen LogP contribution in [0.1, 0.15) is 19.8 Å². The van der Waals surface area contributed by atoms with E-state index in [1.54, 1.807) is 0 Å². The third-order valence-corrected chi connectivity index (χ3v) is 2.89. The molecule has 1 amide bonds. The van der Waals surface area contributed by atoms with E-state index in [0.717, 1.165) is 19.4 Å². The molecular weight excluding hydrogens is 212 g/mol. The maximum absolute atomic E-state index is 11.8. The van der Waals surface area contributed by atoms with Crippen molar-refractivity contribution in [3.8, 4) is 0 Å². The molecule has 2 unspecified atom stereocenters. The molecule has 92 valence electrons. The van der Waals surface area contributed by atoms with Gasteiger partial charge in [-0.25, -0.2) is 4.79 Å². The second kappa shape index (κ2) is 5.27. The summed E-state index contributed by atoms with van der Waals surface area (Å²) in [5, 5.41) is 23.1. The predicted octanol–water partition coefficient (Wildman–Crippen LogP) is -1.06. The molecule has 6 nitrogen and oxygen atoms in total. The Morgan fingerprint density at radius 1 is 1.56 bits per heavy atom. The van der Waals surface area contributed by atoms with E-state index in [-0.39, 0.29) is 12.5 Å². The van der Waals surface area contributed by atoms with Gasteiger partial charge in [0.2, 0.25) is 5.91 Å². The molecule has 1 aliphatic rings. The predicted molar refractivity (Wildman–Crippen MR) is 56.9 cm³/mol. The van der Waals surface area contributed by atoms with E-state index in [0.29, 0.717) is 6.54 Å². The van der Waals surface area contributed by atoms with Crippen molar-refractivity contribution in [3.05, 3.63) is 0 Å². The van der Waals surface area contributed by atoms with Crippen molar-refractivity contribution >= 4 is 11.9 Å². The molecule has 2 atom stereocenters. The third kappa shape index (κ3) is 3.18. The summed E-state index contributed by atoms with van der Waals surface area (Å²) in [6.07, 6.45) is 0.157. The maximum atomic E-state index is 11.8. The Hall–Kier alpha value is -1.14. The van der Waals surface area contributed by atoms with E-state index < -0.39 is 17.5 Å². The van der Waals surface area contributed by atoms with Crippen LogP contribution in [0.3, 0.4) is 0 Å². The Bertz CT molecular complexity index is 274. The fourth-order valence-corrected chi connectivity index (χ4v) is 1.74. The number of amides is 1. The van der Waals surface area contributed by atoms with Gasteiger partial charge < -0.3 is 20.8 Å². The Balaban J connectivity index is 2.42. The van der Waals surface area contributed by atoms with Crippen LogP contribution in [0.5, 0.6) is 0 Å². The van der Waals surface area contributed by atoms with Gasteiger partial charge in [0.05, 0.1) is 12.0 Å². The van der Waals surface area contributed by atoms with Crippen LogP contribution in [0.4, 0.5) is 0 Å². The van der Waals surface area contributed by atoms with Gasteiger partial charge in [-0.2, -0.15) is 0 Å². The number of aliphatic carboxylic acids is 1. The summed E-state index contributed by atoms with van der Waals surface area (Å²) in [5.74, 6) is -1.53. The number of hydrogen-bond acceptors (Lipinski definition) is 4. The van der Waals surface area contributed by atoms with Crippen LogP contribution in [0.2, 0.25) is 0 Å². The number of nitrogens with one attached hydrogen (secondary N) is 2. The monoisotopic (exact) mass is 230 g/mol. The molecule has 16 heavy (non-hydrogen) atoms. The average Bonchev–Trinajstić information content (AvgIpc) is 2.26. The fraction of sp³-hybridized carbons (Fsp3) is 0.800. The zero-order valence-electron chi connectivity index (χ0n) is 9.32. The third-order valence-electron chi connectivity index (χ3n) is 2.89. The lowest BCUT2D eigenvalue weighted by molar-refractivity contribution is -0.146. The zero-order chi connectivity index (χ0) is 12.2. The summed E-state index contributed by atoms with van der Waals surface area (Å²) in [5.41, 5.74) is -0.503. The first kappa shape index (κ1) is 12.9.